The third-order valence-corrected chi connectivity index (χ3v) is 4.36. The summed E-state index contributed by atoms with van der Waals surface area (Å²) in [7, 11) is 2.22. The van der Waals surface area contributed by atoms with E-state index in [4.69, 9.17) is 0 Å². The molecular weight excluding hydrogens is 238 g/mol. The minimum atomic E-state index is 0. The summed E-state index contributed by atoms with van der Waals surface area (Å²) in [4.78, 5) is 4.01. The van der Waals surface area contributed by atoms with Gasteiger partial charge in [0.25, 0.3) is 0 Å². The zero-order chi connectivity index (χ0) is 10.3. The molecule has 0 saturated carbocycles. The first-order valence-corrected chi connectivity index (χ1v) is 6.34. The van der Waals surface area contributed by atoms with Gasteiger partial charge in [0.05, 0.1) is 0 Å². The summed E-state index contributed by atoms with van der Waals surface area (Å²) in [6, 6.07) is 8.82. The predicted octanol–water partition coefficient (Wildman–Crippen LogP) is 3.70. The van der Waals surface area contributed by atoms with Crippen LogP contribution in [0.3, 0.4) is 0 Å². The van der Waals surface area contributed by atoms with Crippen molar-refractivity contribution in [3.05, 3.63) is 34.7 Å². The molecule has 2 aromatic rings. The van der Waals surface area contributed by atoms with Crippen molar-refractivity contribution in [1.82, 2.24) is 4.90 Å². The zero-order valence-corrected chi connectivity index (χ0v) is 11.0. The Balaban J connectivity index is 0.000000963. The molecule has 0 unspecified atom stereocenters. The quantitative estimate of drug-likeness (QED) is 0.692. The van der Waals surface area contributed by atoms with Gasteiger partial charge >= 0.3 is 0 Å². The average molecular weight is 254 g/mol. The molecule has 0 N–H and O–H groups in total. The second-order valence-electron chi connectivity index (χ2n) is 4.34. The van der Waals surface area contributed by atoms with Gasteiger partial charge in [-0.25, -0.2) is 0 Å². The molecule has 0 aliphatic carbocycles. The maximum absolute atomic E-state index is 2.43. The Morgan fingerprint density at radius 2 is 2.06 bits per heavy atom. The van der Waals surface area contributed by atoms with Gasteiger partial charge in [-0.15, -0.1) is 23.7 Å². The maximum atomic E-state index is 2.43. The molecule has 86 valence electrons. The minimum absolute atomic E-state index is 0. The third-order valence-electron chi connectivity index (χ3n) is 3.16. The van der Waals surface area contributed by atoms with E-state index in [1.807, 2.05) is 11.3 Å². The Morgan fingerprint density at radius 3 is 2.94 bits per heavy atom. The summed E-state index contributed by atoms with van der Waals surface area (Å²) in [5.74, 6) is 0. The van der Waals surface area contributed by atoms with Gasteiger partial charge in [0, 0.05) is 16.1 Å². The number of hydrogen-bond acceptors (Lipinski definition) is 2. The zero-order valence-electron chi connectivity index (χ0n) is 9.40. The fraction of sp³-hybridized carbons (Fsp3) is 0.385. The minimum Gasteiger partial charge on any atom is -0.301 e. The highest BCUT2D eigenvalue weighted by molar-refractivity contribution is 7.19. The summed E-state index contributed by atoms with van der Waals surface area (Å²) in [5, 5.41) is 1.49. The Hall–Kier alpha value is -0.570. The fourth-order valence-electron chi connectivity index (χ4n) is 2.40. The Bertz CT molecular complexity index is 492. The first-order valence-electron chi connectivity index (χ1n) is 5.52. The van der Waals surface area contributed by atoms with Crippen molar-refractivity contribution in [2.24, 2.45) is 0 Å². The van der Waals surface area contributed by atoms with E-state index in [1.54, 1.807) is 10.4 Å². The smallest absolute Gasteiger partial charge is 0.0349 e. The van der Waals surface area contributed by atoms with Crippen molar-refractivity contribution in [3.8, 4) is 0 Å². The SMILES string of the molecule is CN1CCCc2c(sc3ccccc23)C1.Cl. The van der Waals surface area contributed by atoms with Gasteiger partial charge < -0.3 is 4.90 Å². The summed E-state index contributed by atoms with van der Waals surface area (Å²) in [6.45, 7) is 2.37. The highest BCUT2D eigenvalue weighted by Gasteiger charge is 2.16. The van der Waals surface area contributed by atoms with E-state index in [0.717, 1.165) is 6.54 Å². The van der Waals surface area contributed by atoms with Gasteiger partial charge in [-0.2, -0.15) is 0 Å². The molecule has 0 fully saturated rings. The van der Waals surface area contributed by atoms with E-state index in [1.165, 1.54) is 29.5 Å². The van der Waals surface area contributed by atoms with Gasteiger partial charge in [0.1, 0.15) is 0 Å². The van der Waals surface area contributed by atoms with Crippen molar-refractivity contribution in [2.75, 3.05) is 13.6 Å². The molecule has 2 heterocycles. The molecule has 3 rings (SSSR count). The van der Waals surface area contributed by atoms with E-state index in [-0.39, 0.29) is 12.4 Å². The van der Waals surface area contributed by atoms with Gasteiger partial charge in [-0.3, -0.25) is 0 Å². The molecule has 1 aliphatic rings. The molecule has 1 aromatic heterocycles. The number of nitrogens with zero attached hydrogens (tertiary/aromatic N) is 1. The van der Waals surface area contributed by atoms with Gasteiger partial charge in [0.15, 0.2) is 0 Å². The van der Waals surface area contributed by atoms with Crippen LogP contribution in [0.1, 0.15) is 16.9 Å². The van der Waals surface area contributed by atoms with Crippen LogP contribution >= 0.6 is 23.7 Å². The number of fused-ring (bicyclic) bond motifs is 3. The summed E-state index contributed by atoms with van der Waals surface area (Å²) in [6.07, 6.45) is 2.55. The molecule has 0 bridgehead atoms. The lowest BCUT2D eigenvalue weighted by atomic mass is 10.1. The van der Waals surface area contributed by atoms with Crippen molar-refractivity contribution >= 4 is 33.8 Å². The normalized spacial score (nSPS) is 16.6. The molecule has 1 nitrogen and oxygen atoms in total. The Labute approximate surface area is 106 Å². The monoisotopic (exact) mass is 253 g/mol. The van der Waals surface area contributed by atoms with E-state index in [0.29, 0.717) is 0 Å². The van der Waals surface area contributed by atoms with Crippen LogP contribution in [-0.2, 0) is 13.0 Å². The van der Waals surface area contributed by atoms with E-state index in [9.17, 15) is 0 Å². The van der Waals surface area contributed by atoms with Crippen LogP contribution in [0.5, 0.6) is 0 Å². The maximum Gasteiger partial charge on any atom is 0.0349 e. The van der Waals surface area contributed by atoms with Crippen molar-refractivity contribution in [1.29, 1.82) is 0 Å². The number of rotatable bonds is 0. The topological polar surface area (TPSA) is 3.24 Å². The van der Waals surface area contributed by atoms with Crippen LogP contribution in [0.25, 0.3) is 10.1 Å². The highest BCUT2D eigenvalue weighted by Crippen LogP contribution is 2.34. The lowest BCUT2D eigenvalue weighted by Gasteiger charge is -2.11. The molecule has 0 amide bonds. The lowest BCUT2D eigenvalue weighted by Crippen LogP contribution is -2.16. The predicted molar refractivity (Wildman–Crippen MR) is 73.7 cm³/mol. The first kappa shape index (κ1) is 11.9. The molecule has 0 radical (unpaired) electrons. The first-order chi connectivity index (χ1) is 7.34. The summed E-state index contributed by atoms with van der Waals surface area (Å²) in [5.41, 5.74) is 1.61. The number of aryl methyl sites for hydroxylation is 1. The van der Waals surface area contributed by atoms with Crippen LogP contribution in [0.2, 0.25) is 0 Å². The van der Waals surface area contributed by atoms with Crippen molar-refractivity contribution in [3.63, 3.8) is 0 Å². The molecule has 0 atom stereocenters. The summed E-state index contributed by atoms with van der Waals surface area (Å²) < 4.78 is 1.46. The molecule has 0 spiro atoms. The molecule has 16 heavy (non-hydrogen) atoms. The number of hydrogen-bond donors (Lipinski definition) is 0. The van der Waals surface area contributed by atoms with Crippen LogP contribution in [0.4, 0.5) is 0 Å². The molecule has 1 aliphatic heterocycles. The molecular formula is C13H16ClNS. The highest BCUT2D eigenvalue weighted by atomic mass is 35.5. The number of thiophene rings is 1. The lowest BCUT2D eigenvalue weighted by molar-refractivity contribution is 0.334. The van der Waals surface area contributed by atoms with Gasteiger partial charge in [-0.05, 0) is 43.5 Å². The van der Waals surface area contributed by atoms with Crippen LogP contribution < -0.4 is 0 Å². The third kappa shape index (κ3) is 1.97. The molecule has 0 saturated heterocycles. The number of halogens is 1. The molecule has 1 aromatic carbocycles. The van der Waals surface area contributed by atoms with Gasteiger partial charge in [0.2, 0.25) is 0 Å². The average Bonchev–Trinajstić information content (AvgIpc) is 2.46. The van der Waals surface area contributed by atoms with E-state index >= 15 is 0 Å². The standard InChI is InChI=1S/C13H15NS.ClH/c1-14-8-4-6-11-10-5-2-3-7-12(10)15-13(11)9-14;/h2-3,5,7H,4,6,8-9H2,1H3;1H. The van der Waals surface area contributed by atoms with Crippen LogP contribution in [0, 0.1) is 0 Å². The second kappa shape index (κ2) is 4.74. The second-order valence-corrected chi connectivity index (χ2v) is 5.48. The van der Waals surface area contributed by atoms with Gasteiger partial charge in [-0.1, -0.05) is 18.2 Å². The largest absolute Gasteiger partial charge is 0.301 e. The Morgan fingerprint density at radius 1 is 1.25 bits per heavy atom. The van der Waals surface area contributed by atoms with Crippen LogP contribution in [0.15, 0.2) is 24.3 Å². The summed E-state index contributed by atoms with van der Waals surface area (Å²) >= 11 is 1.98. The van der Waals surface area contributed by atoms with Crippen LogP contribution in [-0.4, -0.2) is 18.5 Å². The van der Waals surface area contributed by atoms with Crippen molar-refractivity contribution in [2.45, 2.75) is 19.4 Å². The van der Waals surface area contributed by atoms with E-state index in [2.05, 4.69) is 36.2 Å². The Kier molecular flexibility index (Phi) is 3.53. The fourth-order valence-corrected chi connectivity index (χ4v) is 3.73. The molecule has 3 heteroatoms. The number of benzene rings is 1. The van der Waals surface area contributed by atoms with Crippen molar-refractivity contribution < 1.29 is 0 Å². The van der Waals surface area contributed by atoms with E-state index < -0.39 is 0 Å².